The van der Waals surface area contributed by atoms with Gasteiger partial charge in [-0.05, 0) is 24.3 Å². The largest absolute Gasteiger partial charge is 0.399 e. The topological polar surface area (TPSA) is 51.4 Å². The molecule has 0 amide bonds. The third-order valence-corrected chi connectivity index (χ3v) is 5.17. The highest BCUT2D eigenvalue weighted by Crippen LogP contribution is 2.37. The van der Waals surface area contributed by atoms with E-state index < -0.39 is 0 Å². The van der Waals surface area contributed by atoms with Crippen molar-refractivity contribution in [1.29, 1.82) is 0 Å². The number of rotatable bonds is 2. The Morgan fingerprint density at radius 1 is 1.17 bits per heavy atom. The lowest BCUT2D eigenvalue weighted by Gasteiger charge is -2.28. The molecule has 0 spiro atoms. The summed E-state index contributed by atoms with van der Waals surface area (Å²) in [5.41, 5.74) is 8.60. The number of hydrogen-bond acceptors (Lipinski definition) is 5. The smallest absolute Gasteiger partial charge is 0.138 e. The van der Waals surface area contributed by atoms with Crippen molar-refractivity contribution in [3.63, 3.8) is 0 Å². The molecule has 6 heteroatoms. The Bertz CT molecular complexity index is 858. The highest BCUT2D eigenvalue weighted by molar-refractivity contribution is 7.22. The molecule has 3 aromatic rings. The fourth-order valence-corrected chi connectivity index (χ4v) is 4.02. The van der Waals surface area contributed by atoms with Gasteiger partial charge in [0.25, 0.3) is 0 Å². The molecule has 1 aromatic carbocycles. The van der Waals surface area contributed by atoms with Crippen LogP contribution in [-0.4, -0.2) is 31.3 Å². The molecule has 1 aliphatic rings. The molecule has 0 unspecified atom stereocenters. The number of nitrogens with two attached hydrogens (primary N) is 1. The van der Waals surface area contributed by atoms with Gasteiger partial charge < -0.3 is 15.4 Å². The maximum atomic E-state index is 6.25. The van der Waals surface area contributed by atoms with E-state index in [1.165, 1.54) is 0 Å². The van der Waals surface area contributed by atoms with Crippen molar-refractivity contribution in [3.8, 4) is 11.3 Å². The second-order valence-electron chi connectivity index (χ2n) is 5.52. The lowest BCUT2D eigenvalue weighted by Crippen LogP contribution is -2.36. The number of ether oxygens (including phenoxy) is 1. The molecular formula is C17H16ClN3OS. The highest BCUT2D eigenvalue weighted by Gasteiger charge is 2.18. The van der Waals surface area contributed by atoms with E-state index in [1.54, 1.807) is 11.3 Å². The molecule has 0 saturated carbocycles. The van der Waals surface area contributed by atoms with E-state index in [1.807, 2.05) is 30.3 Å². The summed E-state index contributed by atoms with van der Waals surface area (Å²) in [6, 6.07) is 11.9. The molecule has 4 rings (SSSR count). The van der Waals surface area contributed by atoms with Crippen LogP contribution in [0.2, 0.25) is 4.34 Å². The number of thiophene rings is 1. The summed E-state index contributed by atoms with van der Waals surface area (Å²) in [6.07, 6.45) is 0. The lowest BCUT2D eigenvalue weighted by molar-refractivity contribution is 0.122. The first kappa shape index (κ1) is 14.8. The van der Waals surface area contributed by atoms with Crippen LogP contribution >= 0.6 is 22.9 Å². The third-order valence-electron chi connectivity index (χ3n) is 3.96. The Labute approximate surface area is 143 Å². The summed E-state index contributed by atoms with van der Waals surface area (Å²) in [5.74, 6) is 0.978. The molecule has 0 bridgehead atoms. The van der Waals surface area contributed by atoms with Crippen LogP contribution in [0.5, 0.6) is 0 Å². The summed E-state index contributed by atoms with van der Waals surface area (Å²) < 4.78 is 7.38. The number of pyridine rings is 1. The van der Waals surface area contributed by atoms with Gasteiger partial charge in [0.1, 0.15) is 5.82 Å². The van der Waals surface area contributed by atoms with Crippen LogP contribution in [0.1, 0.15) is 0 Å². The zero-order valence-electron chi connectivity index (χ0n) is 12.5. The van der Waals surface area contributed by atoms with Crippen LogP contribution in [0.4, 0.5) is 11.5 Å². The fourth-order valence-electron chi connectivity index (χ4n) is 2.85. The minimum absolute atomic E-state index is 0.726. The molecule has 118 valence electrons. The number of fused-ring (bicyclic) bond motifs is 1. The normalized spacial score (nSPS) is 15.3. The summed E-state index contributed by atoms with van der Waals surface area (Å²) in [5, 5.41) is 1.11. The van der Waals surface area contributed by atoms with Gasteiger partial charge in [-0.25, -0.2) is 4.98 Å². The lowest BCUT2D eigenvalue weighted by atomic mass is 10.1. The van der Waals surface area contributed by atoms with E-state index in [2.05, 4.69) is 11.0 Å². The first-order chi connectivity index (χ1) is 11.2. The van der Waals surface area contributed by atoms with Gasteiger partial charge in [0, 0.05) is 34.4 Å². The first-order valence-electron chi connectivity index (χ1n) is 7.49. The molecule has 1 aliphatic heterocycles. The number of anilines is 2. The van der Waals surface area contributed by atoms with Gasteiger partial charge in [0.2, 0.25) is 0 Å². The van der Waals surface area contributed by atoms with E-state index in [0.717, 1.165) is 63.5 Å². The van der Waals surface area contributed by atoms with Crippen LogP contribution in [0, 0.1) is 0 Å². The zero-order valence-corrected chi connectivity index (χ0v) is 14.0. The molecule has 0 aliphatic carbocycles. The number of nitrogens with zero attached hydrogens (tertiary/aromatic N) is 2. The first-order valence-corrected chi connectivity index (χ1v) is 8.69. The van der Waals surface area contributed by atoms with E-state index in [0.29, 0.717) is 0 Å². The average Bonchev–Trinajstić information content (AvgIpc) is 2.95. The fraction of sp³-hybridized carbons (Fsp3) is 0.235. The maximum absolute atomic E-state index is 6.25. The number of hydrogen-bond donors (Lipinski definition) is 1. The third kappa shape index (κ3) is 2.87. The predicted molar refractivity (Wildman–Crippen MR) is 97.5 cm³/mol. The number of halogens is 1. The van der Waals surface area contributed by atoms with Crippen molar-refractivity contribution in [3.05, 3.63) is 40.7 Å². The molecular weight excluding hydrogens is 330 g/mol. The van der Waals surface area contributed by atoms with Gasteiger partial charge in [-0.2, -0.15) is 0 Å². The molecule has 3 heterocycles. The standard InChI is InChI=1S/C17H16ClN3OS/c18-16-9-13-15(23-16)10-14(11-2-1-3-12(19)8-11)20-17(13)21-4-6-22-7-5-21/h1-3,8-10H,4-7,19H2. The molecule has 4 nitrogen and oxygen atoms in total. The van der Waals surface area contributed by atoms with Gasteiger partial charge in [0.05, 0.1) is 23.2 Å². The Morgan fingerprint density at radius 2 is 2.00 bits per heavy atom. The number of morpholine rings is 1. The van der Waals surface area contributed by atoms with Crippen molar-refractivity contribution in [2.24, 2.45) is 0 Å². The Kier molecular flexibility index (Phi) is 3.85. The van der Waals surface area contributed by atoms with Gasteiger partial charge in [-0.3, -0.25) is 0 Å². The van der Waals surface area contributed by atoms with Crippen LogP contribution in [0.3, 0.4) is 0 Å². The summed E-state index contributed by atoms with van der Waals surface area (Å²) in [6.45, 7) is 3.14. The van der Waals surface area contributed by atoms with Gasteiger partial charge in [-0.15, -0.1) is 11.3 Å². The molecule has 1 saturated heterocycles. The highest BCUT2D eigenvalue weighted by atomic mass is 35.5. The minimum atomic E-state index is 0.726. The molecule has 1 fully saturated rings. The number of benzene rings is 1. The number of nitrogen functional groups attached to an aromatic ring is 1. The van der Waals surface area contributed by atoms with Crippen LogP contribution in [0.25, 0.3) is 21.3 Å². The maximum Gasteiger partial charge on any atom is 0.138 e. The van der Waals surface area contributed by atoms with Crippen LogP contribution in [-0.2, 0) is 4.74 Å². The zero-order chi connectivity index (χ0) is 15.8. The molecule has 0 radical (unpaired) electrons. The SMILES string of the molecule is Nc1cccc(-c2cc3sc(Cl)cc3c(N3CCOCC3)n2)c1. The number of aromatic nitrogens is 1. The average molecular weight is 346 g/mol. The van der Waals surface area contributed by atoms with Crippen molar-refractivity contribution in [2.75, 3.05) is 36.9 Å². The molecule has 2 N–H and O–H groups in total. The molecule has 0 atom stereocenters. The van der Waals surface area contributed by atoms with Crippen molar-refractivity contribution in [1.82, 2.24) is 4.98 Å². The Morgan fingerprint density at radius 3 is 2.78 bits per heavy atom. The second-order valence-corrected chi connectivity index (χ2v) is 7.23. The van der Waals surface area contributed by atoms with Crippen molar-refractivity contribution in [2.45, 2.75) is 0 Å². The molecule has 23 heavy (non-hydrogen) atoms. The van der Waals surface area contributed by atoms with E-state index in [-0.39, 0.29) is 0 Å². The summed E-state index contributed by atoms with van der Waals surface area (Å²) in [7, 11) is 0. The van der Waals surface area contributed by atoms with Crippen LogP contribution in [0.15, 0.2) is 36.4 Å². The van der Waals surface area contributed by atoms with Crippen LogP contribution < -0.4 is 10.6 Å². The van der Waals surface area contributed by atoms with E-state index in [4.69, 9.17) is 27.1 Å². The quantitative estimate of drug-likeness (QED) is 0.712. The van der Waals surface area contributed by atoms with E-state index in [9.17, 15) is 0 Å². The van der Waals surface area contributed by atoms with Crippen molar-refractivity contribution >= 4 is 44.5 Å². The monoisotopic (exact) mass is 345 g/mol. The predicted octanol–water partition coefficient (Wildman–Crippen LogP) is 4.04. The van der Waals surface area contributed by atoms with Gasteiger partial charge >= 0.3 is 0 Å². The van der Waals surface area contributed by atoms with Gasteiger partial charge in [-0.1, -0.05) is 23.7 Å². The van der Waals surface area contributed by atoms with Gasteiger partial charge in [0.15, 0.2) is 0 Å². The summed E-state index contributed by atoms with van der Waals surface area (Å²) in [4.78, 5) is 7.18. The van der Waals surface area contributed by atoms with Crippen molar-refractivity contribution < 1.29 is 4.74 Å². The minimum Gasteiger partial charge on any atom is -0.399 e. The van der Waals surface area contributed by atoms with E-state index >= 15 is 0 Å². The Hall–Kier alpha value is -1.82. The Balaban J connectivity index is 1.89. The summed E-state index contributed by atoms with van der Waals surface area (Å²) >= 11 is 7.82. The second kappa shape index (κ2) is 6.00. The molecule has 2 aromatic heterocycles.